The fourth-order valence-electron chi connectivity index (χ4n) is 2.75. The predicted molar refractivity (Wildman–Crippen MR) is 98.1 cm³/mol. The number of hydrogen-bond acceptors (Lipinski definition) is 1. The maximum absolute atomic E-state index is 12.2. The van der Waals surface area contributed by atoms with Crippen LogP contribution in [-0.2, 0) is 4.79 Å². The van der Waals surface area contributed by atoms with Gasteiger partial charge in [-0.3, -0.25) is 4.79 Å². The third kappa shape index (κ3) is 11.8. The molecule has 2 nitrogen and oxygen atoms in total. The zero-order chi connectivity index (χ0) is 16.6. The average Bonchev–Trinajstić information content (AvgIpc) is 2.51. The zero-order valence-electron chi connectivity index (χ0n) is 15.5. The largest absolute Gasteiger partial charge is 0.339 e. The van der Waals surface area contributed by atoms with E-state index in [1.54, 1.807) is 0 Å². The van der Waals surface area contributed by atoms with Gasteiger partial charge in [0.2, 0.25) is 5.91 Å². The Hall–Kier alpha value is -0.790. The van der Waals surface area contributed by atoms with E-state index in [1.165, 1.54) is 64.2 Å². The topological polar surface area (TPSA) is 20.3 Å². The van der Waals surface area contributed by atoms with Gasteiger partial charge in [-0.2, -0.15) is 0 Å². The van der Waals surface area contributed by atoms with Crippen molar-refractivity contribution in [2.24, 2.45) is 0 Å². The highest BCUT2D eigenvalue weighted by atomic mass is 16.2. The first-order valence-corrected chi connectivity index (χ1v) is 9.58. The van der Waals surface area contributed by atoms with Crippen LogP contribution in [0.15, 0.2) is 12.2 Å². The van der Waals surface area contributed by atoms with Crippen LogP contribution < -0.4 is 0 Å². The summed E-state index contributed by atoms with van der Waals surface area (Å²) in [5.41, 5.74) is 0.678. The number of amides is 1. The molecule has 0 aromatic rings. The Kier molecular flexibility index (Phi) is 14.6. The molecular formula is C20H39NO. The normalized spacial score (nSPS) is 10.7. The van der Waals surface area contributed by atoms with E-state index in [2.05, 4.69) is 20.4 Å². The number of carbonyl (C=O) groups is 1. The monoisotopic (exact) mass is 309 g/mol. The molecule has 0 spiro atoms. The summed E-state index contributed by atoms with van der Waals surface area (Å²) in [7, 11) is 0. The smallest absolute Gasteiger partial charge is 0.248 e. The first-order chi connectivity index (χ1) is 10.6. The molecular weight excluding hydrogens is 270 g/mol. The van der Waals surface area contributed by atoms with Crippen molar-refractivity contribution in [1.82, 2.24) is 4.90 Å². The second kappa shape index (κ2) is 15.1. The van der Waals surface area contributed by atoms with Crippen molar-refractivity contribution >= 4 is 5.91 Å². The fraction of sp³-hybridized carbons (Fsp3) is 0.850. The zero-order valence-corrected chi connectivity index (χ0v) is 15.5. The van der Waals surface area contributed by atoms with E-state index in [0.717, 1.165) is 25.9 Å². The SMILES string of the molecule is C=C(C)C(=O)N(CCCCCCCC)CCCCCCCC. The molecule has 0 fully saturated rings. The average molecular weight is 310 g/mol. The first kappa shape index (κ1) is 21.2. The maximum Gasteiger partial charge on any atom is 0.248 e. The minimum Gasteiger partial charge on any atom is -0.339 e. The summed E-state index contributed by atoms with van der Waals surface area (Å²) in [5.74, 6) is 0.155. The fourth-order valence-corrected chi connectivity index (χ4v) is 2.75. The highest BCUT2D eigenvalue weighted by molar-refractivity contribution is 5.92. The second-order valence-electron chi connectivity index (χ2n) is 6.61. The van der Waals surface area contributed by atoms with Crippen molar-refractivity contribution < 1.29 is 4.79 Å². The Labute approximate surface area is 139 Å². The number of unbranched alkanes of at least 4 members (excludes halogenated alkanes) is 10. The minimum atomic E-state index is 0.155. The molecule has 0 rings (SSSR count). The highest BCUT2D eigenvalue weighted by Gasteiger charge is 2.13. The van der Waals surface area contributed by atoms with Gasteiger partial charge in [0, 0.05) is 18.7 Å². The van der Waals surface area contributed by atoms with E-state index in [1.807, 2.05) is 11.8 Å². The van der Waals surface area contributed by atoms with Crippen molar-refractivity contribution in [3.63, 3.8) is 0 Å². The first-order valence-electron chi connectivity index (χ1n) is 9.58. The van der Waals surface area contributed by atoms with Gasteiger partial charge < -0.3 is 4.90 Å². The molecule has 2 heteroatoms. The summed E-state index contributed by atoms with van der Waals surface area (Å²) in [6.07, 6.45) is 15.3. The van der Waals surface area contributed by atoms with Gasteiger partial charge in [-0.05, 0) is 19.8 Å². The number of rotatable bonds is 15. The number of nitrogens with zero attached hydrogens (tertiary/aromatic N) is 1. The summed E-state index contributed by atoms with van der Waals surface area (Å²) in [5, 5.41) is 0. The lowest BCUT2D eigenvalue weighted by molar-refractivity contribution is -0.127. The molecule has 22 heavy (non-hydrogen) atoms. The van der Waals surface area contributed by atoms with Crippen molar-refractivity contribution in [3.05, 3.63) is 12.2 Å². The molecule has 0 radical (unpaired) electrons. The van der Waals surface area contributed by atoms with Gasteiger partial charge >= 0.3 is 0 Å². The third-order valence-corrected chi connectivity index (χ3v) is 4.22. The van der Waals surface area contributed by atoms with Crippen molar-refractivity contribution in [2.75, 3.05) is 13.1 Å². The van der Waals surface area contributed by atoms with Gasteiger partial charge in [-0.25, -0.2) is 0 Å². The molecule has 0 aliphatic heterocycles. The molecule has 1 amide bonds. The van der Waals surface area contributed by atoms with Crippen LogP contribution in [0.3, 0.4) is 0 Å². The predicted octanol–water partition coefficient (Wildman–Crippen LogP) is 6.11. The lowest BCUT2D eigenvalue weighted by Gasteiger charge is -2.23. The molecule has 0 aromatic carbocycles. The van der Waals surface area contributed by atoms with Crippen molar-refractivity contribution in [1.29, 1.82) is 0 Å². The van der Waals surface area contributed by atoms with Crippen molar-refractivity contribution in [2.45, 2.75) is 97.8 Å². The van der Waals surface area contributed by atoms with E-state index in [-0.39, 0.29) is 5.91 Å². The lowest BCUT2D eigenvalue weighted by Crippen LogP contribution is -2.33. The molecule has 0 aromatic heterocycles. The molecule has 0 N–H and O–H groups in total. The van der Waals surface area contributed by atoms with E-state index >= 15 is 0 Å². The van der Waals surface area contributed by atoms with Gasteiger partial charge in [0.25, 0.3) is 0 Å². The van der Waals surface area contributed by atoms with Gasteiger partial charge in [0.15, 0.2) is 0 Å². The lowest BCUT2D eigenvalue weighted by atomic mass is 10.1. The van der Waals surface area contributed by atoms with Crippen molar-refractivity contribution in [3.8, 4) is 0 Å². The highest BCUT2D eigenvalue weighted by Crippen LogP contribution is 2.10. The summed E-state index contributed by atoms with van der Waals surface area (Å²) in [4.78, 5) is 14.2. The summed E-state index contributed by atoms with van der Waals surface area (Å²) in [6, 6.07) is 0. The Balaban J connectivity index is 3.90. The van der Waals surface area contributed by atoms with Gasteiger partial charge in [0.1, 0.15) is 0 Å². The van der Waals surface area contributed by atoms with Crippen LogP contribution in [0.4, 0.5) is 0 Å². The van der Waals surface area contributed by atoms with Gasteiger partial charge in [-0.15, -0.1) is 0 Å². The Bertz CT molecular complexity index is 269. The molecule has 0 atom stereocenters. The van der Waals surface area contributed by atoms with E-state index in [4.69, 9.17) is 0 Å². The van der Waals surface area contributed by atoms with E-state index in [0.29, 0.717) is 5.57 Å². The van der Waals surface area contributed by atoms with Crippen LogP contribution >= 0.6 is 0 Å². The number of carbonyl (C=O) groups excluding carboxylic acids is 1. The van der Waals surface area contributed by atoms with Crippen LogP contribution in [0.1, 0.15) is 97.8 Å². The maximum atomic E-state index is 12.2. The minimum absolute atomic E-state index is 0.155. The Morgan fingerprint density at radius 1 is 0.727 bits per heavy atom. The van der Waals surface area contributed by atoms with Crippen LogP contribution in [0.5, 0.6) is 0 Å². The molecule has 0 heterocycles. The standard InChI is InChI=1S/C20H39NO/c1-5-7-9-11-13-15-17-21(20(22)19(3)4)18-16-14-12-10-8-6-2/h3,5-18H2,1-2,4H3. The Morgan fingerprint density at radius 2 is 1.09 bits per heavy atom. The molecule has 0 saturated carbocycles. The van der Waals surface area contributed by atoms with E-state index in [9.17, 15) is 4.79 Å². The van der Waals surface area contributed by atoms with Crippen LogP contribution in [-0.4, -0.2) is 23.9 Å². The third-order valence-electron chi connectivity index (χ3n) is 4.22. The van der Waals surface area contributed by atoms with Crippen LogP contribution in [0.25, 0.3) is 0 Å². The molecule has 0 saturated heterocycles. The van der Waals surface area contributed by atoms with Gasteiger partial charge in [-0.1, -0.05) is 84.6 Å². The Morgan fingerprint density at radius 3 is 1.45 bits per heavy atom. The molecule has 0 bridgehead atoms. The van der Waals surface area contributed by atoms with E-state index < -0.39 is 0 Å². The molecule has 130 valence electrons. The van der Waals surface area contributed by atoms with Crippen LogP contribution in [0.2, 0.25) is 0 Å². The summed E-state index contributed by atoms with van der Waals surface area (Å²) >= 11 is 0. The molecule has 0 aliphatic carbocycles. The quantitative estimate of drug-likeness (QED) is 0.264. The second-order valence-corrected chi connectivity index (χ2v) is 6.61. The van der Waals surface area contributed by atoms with Crippen LogP contribution in [0, 0.1) is 0 Å². The summed E-state index contributed by atoms with van der Waals surface area (Å²) < 4.78 is 0. The van der Waals surface area contributed by atoms with Gasteiger partial charge in [0.05, 0.1) is 0 Å². The molecule has 0 aliphatic rings. The summed E-state index contributed by atoms with van der Waals surface area (Å²) in [6.45, 7) is 12.0. The number of hydrogen-bond donors (Lipinski definition) is 0. The molecule has 0 unspecified atom stereocenters.